The molecular weight excluding hydrogens is 510 g/mol. The Morgan fingerprint density at radius 3 is 2.77 bits per heavy atom. The normalized spacial score (nSPS) is 33.3. The van der Waals surface area contributed by atoms with Crippen LogP contribution in [0.3, 0.4) is 0 Å². The van der Waals surface area contributed by atoms with Gasteiger partial charge in [0.05, 0.1) is 18.4 Å². The summed E-state index contributed by atoms with van der Waals surface area (Å²) in [4.78, 5) is 50.4. The van der Waals surface area contributed by atoms with E-state index in [0.717, 1.165) is 17.2 Å². The van der Waals surface area contributed by atoms with E-state index < -0.39 is 74.8 Å². The highest BCUT2D eigenvalue weighted by Crippen LogP contribution is 2.33. The molecule has 0 radical (unpaired) electrons. The minimum absolute atomic E-state index is 0.0109. The lowest BCUT2D eigenvalue weighted by Gasteiger charge is -2.35. The van der Waals surface area contributed by atoms with Crippen LogP contribution in [0.2, 0.25) is 0 Å². The second-order valence-corrected chi connectivity index (χ2v) is 8.78. The molecule has 3 aliphatic rings. The Morgan fingerprint density at radius 1 is 1.18 bits per heavy atom. The number of nitrogens with one attached hydrogen (secondary N) is 2. The van der Waals surface area contributed by atoms with E-state index in [2.05, 4.69) is 25.6 Å². The highest BCUT2D eigenvalue weighted by atomic mass is 16.6. The molecule has 5 heterocycles. The molecule has 2 aromatic heterocycles. The topological polar surface area (TPSA) is 201 Å². The maximum atomic E-state index is 13.8. The third-order valence-corrected chi connectivity index (χ3v) is 6.38. The summed E-state index contributed by atoms with van der Waals surface area (Å²) < 4.78 is 75.4. The molecule has 3 aliphatic heterocycles. The van der Waals surface area contributed by atoms with E-state index in [1.807, 2.05) is 0 Å². The van der Waals surface area contributed by atoms with Gasteiger partial charge in [0.15, 0.2) is 23.8 Å². The molecule has 0 unspecified atom stereocenters. The summed E-state index contributed by atoms with van der Waals surface area (Å²) in [6.45, 7) is -15.7. The van der Waals surface area contributed by atoms with E-state index in [1.165, 1.54) is 18.2 Å². The summed E-state index contributed by atoms with van der Waals surface area (Å²) in [5, 5.41) is 26.6. The van der Waals surface area contributed by atoms with Crippen molar-refractivity contribution in [3.05, 3.63) is 42.0 Å². The van der Waals surface area contributed by atoms with Crippen molar-refractivity contribution in [3.63, 3.8) is 0 Å². The number of nitrogen functional groups attached to an aromatic ring is 1. The zero-order valence-corrected chi connectivity index (χ0v) is 19.9. The van der Waals surface area contributed by atoms with Crippen molar-refractivity contribution in [2.45, 2.75) is 31.1 Å². The number of benzene rings is 1. The number of anilines is 2. The number of hydrogen-bond donors (Lipinski definition) is 5. The van der Waals surface area contributed by atoms with E-state index in [4.69, 9.17) is 21.4 Å². The van der Waals surface area contributed by atoms with Gasteiger partial charge in [-0.15, -0.1) is 0 Å². The molecule has 1 aromatic carbocycles. The van der Waals surface area contributed by atoms with Crippen molar-refractivity contribution < 1.29 is 40.3 Å². The molecule has 15 nitrogen and oxygen atoms in total. The van der Waals surface area contributed by atoms with Crippen LogP contribution in [0.5, 0.6) is 0 Å². The smallest absolute Gasteiger partial charge is 0.254 e. The number of ether oxygens (including phenoxy) is 1. The number of carbonyl (C=O) groups is 3. The third kappa shape index (κ3) is 4.44. The molecule has 204 valence electrons. The molecule has 6 rings (SSSR count). The number of imidazole rings is 1. The minimum atomic E-state index is -3.71. The van der Waals surface area contributed by atoms with Crippen LogP contribution in [0.15, 0.2) is 30.9 Å². The Hall–Kier alpha value is -4.18. The number of fused-ring (bicyclic) bond motifs is 2. The first-order valence-electron chi connectivity index (χ1n) is 15.6. The van der Waals surface area contributed by atoms with Crippen LogP contribution in [0.4, 0.5) is 11.5 Å². The second kappa shape index (κ2) is 9.85. The van der Waals surface area contributed by atoms with Crippen molar-refractivity contribution >= 4 is 40.4 Å². The van der Waals surface area contributed by atoms with Crippen molar-refractivity contribution in [2.75, 3.05) is 43.6 Å². The van der Waals surface area contributed by atoms with Gasteiger partial charge in [-0.25, -0.2) is 15.0 Å². The van der Waals surface area contributed by atoms with Crippen molar-refractivity contribution in [3.8, 4) is 0 Å². The van der Waals surface area contributed by atoms with Gasteiger partial charge < -0.3 is 36.2 Å². The van der Waals surface area contributed by atoms with E-state index in [1.54, 1.807) is 0 Å². The highest BCUT2D eigenvalue weighted by molar-refractivity contribution is 6.02. The molecule has 2 fully saturated rings. The van der Waals surface area contributed by atoms with E-state index in [9.17, 15) is 24.6 Å². The molecule has 0 spiro atoms. The SMILES string of the molecule is [2H]C1([2H])N(CC(=O)Nc2cccc3c2CNC3=O)C([2H])([2H])C([2H])([2H])N(C(=O)[C@H]2O[C@@H](n3cnc4c(N)ncnc43)[C@H](O)[C@@H]2O)C1([2H])[2H]. The summed E-state index contributed by atoms with van der Waals surface area (Å²) in [5.41, 5.74) is 6.72. The Labute approximate surface area is 232 Å². The number of hydrogen-bond acceptors (Lipinski definition) is 11. The summed E-state index contributed by atoms with van der Waals surface area (Å²) >= 11 is 0. The number of carbonyl (C=O) groups excluding carboxylic acids is 3. The molecule has 4 atom stereocenters. The molecular formula is C24H27N9O6. The van der Waals surface area contributed by atoms with Gasteiger partial charge in [-0.1, -0.05) is 6.07 Å². The number of aliphatic hydroxyl groups excluding tert-OH is 2. The first-order chi connectivity index (χ1) is 21.8. The fraction of sp³-hybridized carbons (Fsp3) is 0.417. The number of piperazine rings is 1. The molecule has 0 bridgehead atoms. The average molecular weight is 546 g/mol. The van der Waals surface area contributed by atoms with E-state index >= 15 is 0 Å². The van der Waals surface area contributed by atoms with Crippen LogP contribution in [-0.4, -0.2) is 108 Å². The summed E-state index contributed by atoms with van der Waals surface area (Å²) in [7, 11) is 0. The Bertz CT molecular complexity index is 1780. The fourth-order valence-electron chi connectivity index (χ4n) is 4.45. The molecule has 0 saturated carbocycles. The maximum Gasteiger partial charge on any atom is 0.254 e. The molecule has 15 heteroatoms. The molecule has 39 heavy (non-hydrogen) atoms. The largest absolute Gasteiger partial charge is 0.387 e. The monoisotopic (exact) mass is 545 g/mol. The van der Waals surface area contributed by atoms with Crippen LogP contribution in [-0.2, 0) is 20.9 Å². The van der Waals surface area contributed by atoms with Gasteiger partial charge in [-0.2, -0.15) is 0 Å². The molecule has 0 aliphatic carbocycles. The lowest BCUT2D eigenvalue weighted by Crippen LogP contribution is -2.54. The Morgan fingerprint density at radius 2 is 1.97 bits per heavy atom. The highest BCUT2D eigenvalue weighted by Gasteiger charge is 2.49. The van der Waals surface area contributed by atoms with Gasteiger partial charge >= 0.3 is 0 Å². The number of nitrogens with zero attached hydrogens (tertiary/aromatic N) is 6. The fourth-order valence-corrected chi connectivity index (χ4v) is 4.45. The first-order valence-corrected chi connectivity index (χ1v) is 11.6. The predicted octanol–water partition coefficient (Wildman–Crippen LogP) is -1.95. The van der Waals surface area contributed by atoms with E-state index in [0.29, 0.717) is 5.56 Å². The lowest BCUT2D eigenvalue weighted by atomic mass is 10.1. The third-order valence-electron chi connectivity index (χ3n) is 6.38. The number of nitrogens with two attached hydrogens (primary N) is 1. The van der Waals surface area contributed by atoms with Gasteiger partial charge in [0.1, 0.15) is 24.1 Å². The van der Waals surface area contributed by atoms with E-state index in [-0.39, 0.29) is 44.6 Å². The van der Waals surface area contributed by atoms with Crippen LogP contribution in [0.1, 0.15) is 33.1 Å². The Kier molecular flexibility index (Phi) is 4.40. The average Bonchev–Trinajstić information content (AvgIpc) is 3.67. The first kappa shape index (κ1) is 17.4. The Balaban J connectivity index is 1.29. The molecule has 2 saturated heterocycles. The van der Waals surface area contributed by atoms with Crippen molar-refractivity contribution in [1.29, 1.82) is 0 Å². The van der Waals surface area contributed by atoms with Gasteiger partial charge in [-0.3, -0.25) is 23.9 Å². The van der Waals surface area contributed by atoms with Crippen molar-refractivity contribution in [2.24, 2.45) is 0 Å². The molecule has 3 amide bonds. The number of amides is 3. The molecule has 6 N–H and O–H groups in total. The van der Waals surface area contributed by atoms with Crippen LogP contribution in [0.25, 0.3) is 11.2 Å². The zero-order valence-electron chi connectivity index (χ0n) is 27.9. The summed E-state index contributed by atoms with van der Waals surface area (Å²) in [6.07, 6.45) is -5.68. The summed E-state index contributed by atoms with van der Waals surface area (Å²) in [5.74, 6) is -3.24. The lowest BCUT2D eigenvalue weighted by molar-refractivity contribution is -0.150. The zero-order chi connectivity index (χ0) is 34.4. The van der Waals surface area contributed by atoms with Gasteiger partial charge in [0.2, 0.25) is 5.91 Å². The maximum absolute atomic E-state index is 13.8. The quantitative estimate of drug-likeness (QED) is 0.239. The number of aromatic nitrogens is 4. The second-order valence-electron chi connectivity index (χ2n) is 8.78. The van der Waals surface area contributed by atoms with Crippen LogP contribution in [0, 0.1) is 0 Å². The summed E-state index contributed by atoms with van der Waals surface area (Å²) in [6, 6.07) is 4.43. The van der Waals surface area contributed by atoms with Crippen LogP contribution >= 0.6 is 0 Å². The van der Waals surface area contributed by atoms with Gasteiger partial charge in [0.25, 0.3) is 11.8 Å². The number of aliphatic hydroxyl groups is 2. The van der Waals surface area contributed by atoms with Crippen LogP contribution < -0.4 is 16.4 Å². The number of rotatable bonds is 5. The van der Waals surface area contributed by atoms with Crippen molar-refractivity contribution in [1.82, 2.24) is 34.6 Å². The standard InChI is InChI=1S/C24H27N9O6/c25-20-16-21(28-10-27-20)33(11-29-16)24-18(36)17(35)19(39-24)23(38)32-6-4-31(5-7-32)9-15(34)30-14-3-1-2-12-13(14)8-26-22(12)37/h1-3,10-11,17-19,24,35-36H,4-9H2,(H,26,37)(H,30,34)(H2,25,27,28)/t17-,18+,19-,24+/m0/s1/i4D2,5D2,6D2,7D2. The predicted molar refractivity (Wildman–Crippen MR) is 135 cm³/mol. The van der Waals surface area contributed by atoms with Gasteiger partial charge in [-0.05, 0) is 12.1 Å². The van der Waals surface area contributed by atoms with Gasteiger partial charge in [0, 0.05) is 54.8 Å². The molecule has 3 aromatic rings. The minimum Gasteiger partial charge on any atom is -0.387 e.